The molecule has 2 aliphatic rings. The monoisotopic (exact) mass is 490 g/mol. The van der Waals surface area contributed by atoms with Gasteiger partial charge in [-0.2, -0.15) is 13.2 Å². The molecule has 0 aromatic heterocycles. The number of rotatable bonds is 6. The van der Waals surface area contributed by atoms with Crippen molar-refractivity contribution in [2.75, 3.05) is 6.61 Å². The van der Waals surface area contributed by atoms with Crippen LogP contribution in [0.15, 0.2) is 48.5 Å². The smallest absolute Gasteiger partial charge is 0.417 e. The van der Waals surface area contributed by atoms with Crippen molar-refractivity contribution in [3.8, 4) is 11.1 Å². The molecule has 1 unspecified atom stereocenters. The largest absolute Gasteiger partial charge is 0.481 e. The lowest BCUT2D eigenvalue weighted by atomic mass is 9.86. The van der Waals surface area contributed by atoms with Gasteiger partial charge < -0.3 is 20.5 Å². The highest BCUT2D eigenvalue weighted by molar-refractivity contribution is 5.87. The molecule has 4 rings (SSSR count). The molecule has 1 atom stereocenters. The van der Waals surface area contributed by atoms with Crippen LogP contribution in [0, 0.1) is 5.92 Å². The van der Waals surface area contributed by atoms with Crippen LogP contribution in [-0.2, 0) is 14.3 Å². The zero-order valence-corrected chi connectivity index (χ0v) is 18.7. The highest BCUT2D eigenvalue weighted by atomic mass is 19.4. The van der Waals surface area contributed by atoms with Gasteiger partial charge in [0.15, 0.2) is 0 Å². The van der Waals surface area contributed by atoms with Gasteiger partial charge in [-0.25, -0.2) is 4.79 Å². The van der Waals surface area contributed by atoms with Gasteiger partial charge in [-0.1, -0.05) is 48.5 Å². The summed E-state index contributed by atoms with van der Waals surface area (Å²) < 4.78 is 45.9. The second-order valence-corrected chi connectivity index (χ2v) is 8.84. The first-order valence-corrected chi connectivity index (χ1v) is 11.4. The number of amides is 2. The number of nitrogens with one attached hydrogen (secondary N) is 2. The number of carboxylic acid groups (broad SMARTS) is 1. The fourth-order valence-electron chi connectivity index (χ4n) is 4.82. The average Bonchev–Trinajstić information content (AvgIpc) is 3.14. The summed E-state index contributed by atoms with van der Waals surface area (Å²) in [6, 6.07) is 11.7. The van der Waals surface area contributed by atoms with E-state index >= 15 is 0 Å². The van der Waals surface area contributed by atoms with Crippen molar-refractivity contribution in [2.45, 2.75) is 49.9 Å². The predicted molar refractivity (Wildman–Crippen MR) is 120 cm³/mol. The molecular formula is C25H25F3N2O5. The molecule has 1 fully saturated rings. The number of fused-ring (bicyclic) bond motifs is 3. The third-order valence-electron chi connectivity index (χ3n) is 6.62. The van der Waals surface area contributed by atoms with Gasteiger partial charge in [0.2, 0.25) is 6.04 Å². The molecule has 7 nitrogen and oxygen atoms in total. The van der Waals surface area contributed by atoms with Crippen molar-refractivity contribution in [1.29, 1.82) is 0 Å². The van der Waals surface area contributed by atoms with Crippen LogP contribution >= 0.6 is 0 Å². The Kier molecular flexibility index (Phi) is 7.00. The highest BCUT2D eigenvalue weighted by Crippen LogP contribution is 2.44. The van der Waals surface area contributed by atoms with Crippen molar-refractivity contribution in [3.63, 3.8) is 0 Å². The second-order valence-electron chi connectivity index (χ2n) is 8.84. The molecule has 186 valence electrons. The van der Waals surface area contributed by atoms with E-state index in [-0.39, 0.29) is 38.2 Å². The molecule has 0 saturated heterocycles. The lowest BCUT2D eigenvalue weighted by molar-refractivity contribution is -0.168. The van der Waals surface area contributed by atoms with E-state index < -0.39 is 42.1 Å². The Balaban J connectivity index is 1.37. The van der Waals surface area contributed by atoms with Gasteiger partial charge in [-0.05, 0) is 47.9 Å². The van der Waals surface area contributed by atoms with E-state index in [1.807, 2.05) is 48.5 Å². The fourth-order valence-corrected chi connectivity index (χ4v) is 4.82. The van der Waals surface area contributed by atoms with Gasteiger partial charge in [-0.3, -0.25) is 9.59 Å². The van der Waals surface area contributed by atoms with Crippen LogP contribution in [-0.4, -0.2) is 47.9 Å². The van der Waals surface area contributed by atoms with E-state index in [9.17, 15) is 27.6 Å². The maximum absolute atomic E-state index is 13.6. The van der Waals surface area contributed by atoms with Gasteiger partial charge in [-0.15, -0.1) is 0 Å². The molecule has 2 amide bonds. The number of halogens is 3. The second kappa shape index (κ2) is 9.97. The molecule has 0 radical (unpaired) electrons. The van der Waals surface area contributed by atoms with E-state index in [4.69, 9.17) is 9.84 Å². The molecule has 35 heavy (non-hydrogen) atoms. The molecular weight excluding hydrogens is 465 g/mol. The van der Waals surface area contributed by atoms with E-state index in [1.165, 1.54) is 0 Å². The minimum absolute atomic E-state index is 0.189. The first-order chi connectivity index (χ1) is 16.6. The van der Waals surface area contributed by atoms with Gasteiger partial charge in [0.25, 0.3) is 5.91 Å². The van der Waals surface area contributed by atoms with Crippen LogP contribution in [0.5, 0.6) is 0 Å². The highest BCUT2D eigenvalue weighted by Gasteiger charge is 2.47. The molecule has 2 aliphatic carbocycles. The van der Waals surface area contributed by atoms with Crippen LogP contribution in [0.25, 0.3) is 11.1 Å². The number of carboxylic acids is 1. The van der Waals surface area contributed by atoms with Crippen LogP contribution < -0.4 is 10.6 Å². The minimum atomic E-state index is -5.03. The van der Waals surface area contributed by atoms with Crippen LogP contribution in [0.3, 0.4) is 0 Å². The van der Waals surface area contributed by atoms with Gasteiger partial charge in [0, 0.05) is 12.0 Å². The Bertz CT molecular complexity index is 1070. The third-order valence-corrected chi connectivity index (χ3v) is 6.62. The zero-order chi connectivity index (χ0) is 25.2. The van der Waals surface area contributed by atoms with Crippen molar-refractivity contribution >= 4 is 18.0 Å². The molecule has 0 heterocycles. The Hall–Kier alpha value is -3.56. The standard InChI is InChI=1S/C25H25F3N2O5/c26-25(27,28)21(22(31)29-15-11-9-14(10-12-15)23(32)33)30-24(34)35-13-20-18-7-3-1-5-16(18)17-6-2-4-8-19(17)20/h1-8,14-15,20-21H,9-13H2,(H,29,31)(H,30,34)(H,32,33). The maximum Gasteiger partial charge on any atom is 0.417 e. The quantitative estimate of drug-likeness (QED) is 0.563. The average molecular weight is 490 g/mol. The van der Waals surface area contributed by atoms with E-state index in [2.05, 4.69) is 5.32 Å². The summed E-state index contributed by atoms with van der Waals surface area (Å²) >= 11 is 0. The van der Waals surface area contributed by atoms with Crippen LogP contribution in [0.2, 0.25) is 0 Å². The summed E-state index contributed by atoms with van der Waals surface area (Å²) in [7, 11) is 0. The Morgan fingerprint density at radius 2 is 1.49 bits per heavy atom. The number of carbonyl (C=O) groups is 3. The molecule has 10 heteroatoms. The van der Waals surface area contributed by atoms with Crippen molar-refractivity contribution in [1.82, 2.24) is 10.6 Å². The topological polar surface area (TPSA) is 105 Å². The summed E-state index contributed by atoms with van der Waals surface area (Å²) in [5.74, 6) is -3.26. The van der Waals surface area contributed by atoms with Crippen molar-refractivity contribution in [2.24, 2.45) is 5.92 Å². The SMILES string of the molecule is O=C(NC(C(=O)NC1CCC(C(=O)O)CC1)C(F)(F)F)OCC1c2ccccc2-c2ccccc21. The normalized spacial score (nSPS) is 20.3. The number of hydrogen-bond donors (Lipinski definition) is 3. The van der Waals surface area contributed by atoms with Gasteiger partial charge >= 0.3 is 18.2 Å². The summed E-state index contributed by atoms with van der Waals surface area (Å²) in [6.45, 7) is -0.189. The molecule has 2 aromatic carbocycles. The Labute approximate surface area is 199 Å². The van der Waals surface area contributed by atoms with Gasteiger partial charge in [0.05, 0.1) is 5.92 Å². The molecule has 0 bridgehead atoms. The number of aliphatic carboxylic acids is 1. The Morgan fingerprint density at radius 3 is 2.00 bits per heavy atom. The first-order valence-electron chi connectivity index (χ1n) is 11.4. The maximum atomic E-state index is 13.6. The summed E-state index contributed by atoms with van der Waals surface area (Å²) in [5.41, 5.74) is 3.76. The lowest BCUT2D eigenvalue weighted by Gasteiger charge is -2.29. The molecule has 1 saturated carbocycles. The lowest BCUT2D eigenvalue weighted by Crippen LogP contribution is -2.57. The molecule has 0 aliphatic heterocycles. The summed E-state index contributed by atoms with van der Waals surface area (Å²) in [5, 5.41) is 13.0. The predicted octanol–water partition coefficient (Wildman–Crippen LogP) is 4.22. The van der Waals surface area contributed by atoms with Crippen molar-refractivity contribution in [3.05, 3.63) is 59.7 Å². The van der Waals surface area contributed by atoms with Crippen molar-refractivity contribution < 1.29 is 37.4 Å². The summed E-state index contributed by atoms with van der Waals surface area (Å²) in [6.07, 6.45) is -5.36. The van der Waals surface area contributed by atoms with E-state index in [0.29, 0.717) is 0 Å². The number of alkyl halides is 3. The molecule has 3 N–H and O–H groups in total. The van der Waals surface area contributed by atoms with Crippen LogP contribution in [0.1, 0.15) is 42.7 Å². The fraction of sp³-hybridized carbons (Fsp3) is 0.400. The number of alkyl carbamates (subject to hydrolysis) is 1. The molecule has 0 spiro atoms. The van der Waals surface area contributed by atoms with E-state index in [1.54, 1.807) is 5.32 Å². The number of ether oxygens (including phenoxy) is 1. The number of benzene rings is 2. The van der Waals surface area contributed by atoms with E-state index in [0.717, 1.165) is 22.3 Å². The Morgan fingerprint density at radius 1 is 0.943 bits per heavy atom. The summed E-state index contributed by atoms with van der Waals surface area (Å²) in [4.78, 5) is 35.7. The van der Waals surface area contributed by atoms with Crippen LogP contribution in [0.4, 0.5) is 18.0 Å². The minimum Gasteiger partial charge on any atom is -0.481 e. The first kappa shape index (κ1) is 24.6. The zero-order valence-electron chi connectivity index (χ0n) is 18.7. The third kappa shape index (κ3) is 5.41. The van der Waals surface area contributed by atoms with Gasteiger partial charge in [0.1, 0.15) is 6.61 Å². The number of carbonyl (C=O) groups excluding carboxylic acids is 2. The molecule has 2 aromatic rings. The number of hydrogen-bond acceptors (Lipinski definition) is 4.